The molecule has 0 N–H and O–H groups in total. The molecule has 0 saturated carbocycles. The van der Waals surface area contributed by atoms with E-state index >= 15 is 0 Å². The Hall–Kier alpha value is -2.20. The zero-order chi connectivity index (χ0) is 23.4. The molecule has 0 aliphatic carbocycles. The van der Waals surface area contributed by atoms with Crippen molar-refractivity contribution in [2.75, 3.05) is 32.1 Å². The summed E-state index contributed by atoms with van der Waals surface area (Å²) in [5, 5.41) is 0.712. The molecule has 9 heteroatoms. The SMILES string of the molecule is CCCc1ccc(C(=O)CSc2nc3cc(S(=O)(=O)N4CCOCC4)ccc3n2CC)cc1. The van der Waals surface area contributed by atoms with Gasteiger partial charge in [0, 0.05) is 25.2 Å². The minimum atomic E-state index is -3.59. The number of ketones is 1. The molecule has 33 heavy (non-hydrogen) atoms. The van der Waals surface area contributed by atoms with E-state index in [0.29, 0.717) is 49.1 Å². The van der Waals surface area contributed by atoms with E-state index in [1.54, 1.807) is 18.2 Å². The van der Waals surface area contributed by atoms with Crippen LogP contribution < -0.4 is 0 Å². The van der Waals surface area contributed by atoms with Crippen molar-refractivity contribution in [1.29, 1.82) is 0 Å². The first kappa shape index (κ1) is 23.9. The second-order valence-electron chi connectivity index (χ2n) is 7.96. The first-order valence-electron chi connectivity index (χ1n) is 11.3. The number of aryl methyl sites for hydroxylation is 2. The quantitative estimate of drug-likeness (QED) is 0.335. The zero-order valence-corrected chi connectivity index (χ0v) is 20.6. The van der Waals surface area contributed by atoms with E-state index in [2.05, 4.69) is 11.9 Å². The van der Waals surface area contributed by atoms with Crippen LogP contribution in [0.2, 0.25) is 0 Å². The van der Waals surface area contributed by atoms with Gasteiger partial charge in [-0.2, -0.15) is 4.31 Å². The minimum Gasteiger partial charge on any atom is -0.379 e. The number of rotatable bonds is 9. The molecule has 4 rings (SSSR count). The Kier molecular flexibility index (Phi) is 7.53. The highest BCUT2D eigenvalue weighted by Crippen LogP contribution is 2.28. The van der Waals surface area contributed by atoms with Crippen LogP contribution >= 0.6 is 11.8 Å². The number of hydrogen-bond acceptors (Lipinski definition) is 6. The number of benzene rings is 2. The molecule has 1 saturated heterocycles. The number of hydrogen-bond donors (Lipinski definition) is 0. The molecule has 7 nitrogen and oxygen atoms in total. The van der Waals surface area contributed by atoms with Crippen molar-refractivity contribution in [3.63, 3.8) is 0 Å². The highest BCUT2D eigenvalue weighted by atomic mass is 32.2. The van der Waals surface area contributed by atoms with Crippen molar-refractivity contribution < 1.29 is 17.9 Å². The lowest BCUT2D eigenvalue weighted by molar-refractivity contribution is 0.0730. The third-order valence-corrected chi connectivity index (χ3v) is 8.63. The summed E-state index contributed by atoms with van der Waals surface area (Å²) in [6.07, 6.45) is 2.08. The van der Waals surface area contributed by atoms with Crippen LogP contribution in [0.25, 0.3) is 11.0 Å². The first-order valence-corrected chi connectivity index (χ1v) is 13.7. The summed E-state index contributed by atoms with van der Waals surface area (Å²) >= 11 is 1.38. The van der Waals surface area contributed by atoms with Gasteiger partial charge < -0.3 is 9.30 Å². The Morgan fingerprint density at radius 1 is 1.09 bits per heavy atom. The van der Waals surface area contributed by atoms with Gasteiger partial charge in [0.1, 0.15) is 0 Å². The first-order chi connectivity index (χ1) is 15.9. The Morgan fingerprint density at radius 2 is 1.82 bits per heavy atom. The number of nitrogens with zero attached hydrogens (tertiary/aromatic N) is 3. The average molecular weight is 488 g/mol. The Labute approximate surface area is 199 Å². The summed E-state index contributed by atoms with van der Waals surface area (Å²) in [7, 11) is -3.59. The van der Waals surface area contributed by atoms with Gasteiger partial charge in [0.15, 0.2) is 10.9 Å². The molecule has 0 spiro atoms. The second-order valence-corrected chi connectivity index (χ2v) is 10.8. The predicted octanol–water partition coefficient (Wildman–Crippen LogP) is 4.00. The number of carbonyl (C=O) groups is 1. The lowest BCUT2D eigenvalue weighted by Crippen LogP contribution is -2.40. The smallest absolute Gasteiger partial charge is 0.243 e. The number of fused-ring (bicyclic) bond motifs is 1. The number of carbonyl (C=O) groups excluding carboxylic acids is 1. The van der Waals surface area contributed by atoms with Crippen LogP contribution in [0.1, 0.15) is 36.2 Å². The van der Waals surface area contributed by atoms with Gasteiger partial charge in [0.25, 0.3) is 0 Å². The zero-order valence-electron chi connectivity index (χ0n) is 19.0. The van der Waals surface area contributed by atoms with Gasteiger partial charge in [0.05, 0.1) is 34.9 Å². The third-order valence-electron chi connectivity index (χ3n) is 5.76. The maximum atomic E-state index is 13.0. The minimum absolute atomic E-state index is 0.0494. The number of Topliss-reactive ketones (excluding diaryl/α,β-unsaturated/α-hetero) is 1. The molecule has 0 atom stereocenters. The summed E-state index contributed by atoms with van der Waals surface area (Å²) < 4.78 is 34.8. The molecule has 176 valence electrons. The molecule has 0 unspecified atom stereocenters. The molecule has 1 fully saturated rings. The van der Waals surface area contributed by atoms with Crippen molar-refractivity contribution in [3.8, 4) is 0 Å². The van der Waals surface area contributed by atoms with Gasteiger partial charge in [0.2, 0.25) is 10.0 Å². The third kappa shape index (κ3) is 5.16. The van der Waals surface area contributed by atoms with Gasteiger partial charge in [-0.25, -0.2) is 13.4 Å². The van der Waals surface area contributed by atoms with Gasteiger partial charge in [-0.3, -0.25) is 4.79 Å². The Morgan fingerprint density at radius 3 is 2.48 bits per heavy atom. The highest BCUT2D eigenvalue weighted by molar-refractivity contribution is 7.99. The monoisotopic (exact) mass is 487 g/mol. The van der Waals surface area contributed by atoms with Gasteiger partial charge >= 0.3 is 0 Å². The normalized spacial score (nSPS) is 15.2. The van der Waals surface area contributed by atoms with Crippen LogP contribution in [0.4, 0.5) is 0 Å². The van der Waals surface area contributed by atoms with Crippen LogP contribution in [0.3, 0.4) is 0 Å². The molecule has 1 aliphatic rings. The van der Waals surface area contributed by atoms with Crippen molar-refractivity contribution in [2.45, 2.75) is 43.3 Å². The number of ether oxygens (including phenoxy) is 1. The van der Waals surface area contributed by atoms with Crippen LogP contribution in [0.15, 0.2) is 52.5 Å². The standard InChI is InChI=1S/C24H29N3O4S2/c1-3-5-18-6-8-19(9-7-18)23(28)17-32-24-25-21-16-20(10-11-22(21)27(24)4-2)33(29,30)26-12-14-31-15-13-26/h6-11,16H,3-5,12-15,17H2,1-2H3. The maximum Gasteiger partial charge on any atom is 0.243 e. The van der Waals surface area contributed by atoms with Crippen LogP contribution in [0, 0.1) is 0 Å². The molecule has 0 radical (unpaired) electrons. The fourth-order valence-corrected chi connectivity index (χ4v) is 6.36. The van der Waals surface area contributed by atoms with Crippen molar-refractivity contribution in [2.24, 2.45) is 0 Å². The fraction of sp³-hybridized carbons (Fsp3) is 0.417. The lowest BCUT2D eigenvalue weighted by atomic mass is 10.1. The fourth-order valence-electron chi connectivity index (χ4n) is 3.96. The maximum absolute atomic E-state index is 13.0. The molecular weight excluding hydrogens is 458 g/mol. The molecule has 0 bridgehead atoms. The van der Waals surface area contributed by atoms with E-state index in [9.17, 15) is 13.2 Å². The average Bonchev–Trinajstić information content (AvgIpc) is 3.20. The van der Waals surface area contributed by atoms with Gasteiger partial charge in [-0.05, 0) is 37.1 Å². The number of imidazole rings is 1. The van der Waals surface area contributed by atoms with Gasteiger partial charge in [-0.15, -0.1) is 0 Å². The van der Waals surface area contributed by atoms with E-state index in [1.807, 2.05) is 35.8 Å². The summed E-state index contributed by atoms with van der Waals surface area (Å²) in [4.78, 5) is 17.6. The van der Waals surface area contributed by atoms with E-state index < -0.39 is 10.0 Å². The van der Waals surface area contributed by atoms with Crippen molar-refractivity contribution in [1.82, 2.24) is 13.9 Å². The largest absolute Gasteiger partial charge is 0.379 e. The molecule has 2 aromatic carbocycles. The predicted molar refractivity (Wildman–Crippen MR) is 130 cm³/mol. The highest BCUT2D eigenvalue weighted by Gasteiger charge is 2.27. The summed E-state index contributed by atoms with van der Waals surface area (Å²) in [5.41, 5.74) is 3.40. The van der Waals surface area contributed by atoms with Crippen molar-refractivity contribution >= 4 is 38.6 Å². The van der Waals surface area contributed by atoms with E-state index in [0.717, 1.165) is 18.4 Å². The number of morpholine rings is 1. The number of aromatic nitrogens is 2. The molecule has 2 heterocycles. The van der Waals surface area contributed by atoms with Crippen molar-refractivity contribution in [3.05, 3.63) is 53.6 Å². The Balaban J connectivity index is 1.53. The molecular formula is C24H29N3O4S2. The van der Waals surface area contributed by atoms with Crippen LogP contribution in [-0.2, 0) is 27.7 Å². The van der Waals surface area contributed by atoms with E-state index in [-0.39, 0.29) is 16.4 Å². The molecule has 3 aromatic rings. The number of sulfonamides is 1. The topological polar surface area (TPSA) is 81.5 Å². The summed E-state index contributed by atoms with van der Waals surface area (Å²) in [5.74, 6) is 0.323. The summed E-state index contributed by atoms with van der Waals surface area (Å²) in [6.45, 7) is 6.34. The van der Waals surface area contributed by atoms with E-state index in [1.165, 1.54) is 21.6 Å². The second kappa shape index (κ2) is 10.4. The van der Waals surface area contributed by atoms with Gasteiger partial charge in [-0.1, -0.05) is 49.4 Å². The van der Waals surface area contributed by atoms with E-state index in [4.69, 9.17) is 4.74 Å². The molecule has 1 aliphatic heterocycles. The number of thioether (sulfide) groups is 1. The molecule has 1 aromatic heterocycles. The Bertz CT molecular complexity index is 1230. The van der Waals surface area contributed by atoms with Crippen LogP contribution in [0.5, 0.6) is 0 Å². The summed E-state index contributed by atoms with van der Waals surface area (Å²) in [6, 6.07) is 12.9. The lowest BCUT2D eigenvalue weighted by Gasteiger charge is -2.26. The van der Waals surface area contributed by atoms with Crippen LogP contribution in [-0.4, -0.2) is 60.1 Å². The molecule has 0 amide bonds.